The molecule has 2 aromatic carbocycles. The number of esters is 1. The molecule has 198 valence electrons. The largest absolute Gasteiger partial charge is 0.494 e. The third kappa shape index (κ3) is 8.65. The van der Waals surface area contributed by atoms with Gasteiger partial charge in [0.05, 0.1) is 18.7 Å². The van der Waals surface area contributed by atoms with E-state index in [4.69, 9.17) is 20.2 Å². The second-order valence-electron chi connectivity index (χ2n) is 9.22. The quantitative estimate of drug-likeness (QED) is 0.196. The number of carbonyl (C=O) groups is 1. The van der Waals surface area contributed by atoms with Crippen molar-refractivity contribution >= 4 is 41.7 Å². The van der Waals surface area contributed by atoms with E-state index in [1.54, 1.807) is 0 Å². The zero-order valence-electron chi connectivity index (χ0n) is 21.8. The number of hydrogen-bond acceptors (Lipinski definition) is 5. The third-order valence-electron chi connectivity index (χ3n) is 5.89. The van der Waals surface area contributed by atoms with Crippen LogP contribution in [0.1, 0.15) is 63.3 Å². The molecule has 36 heavy (non-hydrogen) atoms. The van der Waals surface area contributed by atoms with Crippen LogP contribution in [0.5, 0.6) is 5.75 Å². The van der Waals surface area contributed by atoms with Crippen LogP contribution in [0.15, 0.2) is 42.5 Å². The Morgan fingerprint density at radius 3 is 2.39 bits per heavy atom. The molecule has 0 unspecified atom stereocenters. The van der Waals surface area contributed by atoms with Crippen molar-refractivity contribution in [3.05, 3.63) is 59.3 Å². The van der Waals surface area contributed by atoms with Crippen LogP contribution in [0.4, 0.5) is 0 Å². The van der Waals surface area contributed by atoms with Crippen LogP contribution in [0, 0.1) is 12.8 Å². The summed E-state index contributed by atoms with van der Waals surface area (Å²) in [6.45, 7) is 9.84. The second-order valence-corrected chi connectivity index (χ2v) is 9.22. The highest BCUT2D eigenvalue weighted by Crippen LogP contribution is 2.36. The van der Waals surface area contributed by atoms with Crippen LogP contribution in [0.25, 0.3) is 22.0 Å². The Kier molecular flexibility index (Phi) is 13.8. The average molecular weight is 536 g/mol. The molecule has 7 heteroatoms. The van der Waals surface area contributed by atoms with E-state index in [0.717, 1.165) is 64.7 Å². The molecule has 3 rings (SSSR count). The number of hydrogen-bond donors (Lipinski definition) is 1. The van der Waals surface area contributed by atoms with Crippen molar-refractivity contribution in [2.75, 3.05) is 13.2 Å². The van der Waals surface area contributed by atoms with Gasteiger partial charge in [-0.2, -0.15) is 0 Å². The maximum Gasteiger partial charge on any atom is 0.305 e. The third-order valence-corrected chi connectivity index (χ3v) is 5.89. The molecule has 2 N–H and O–H groups in total. The van der Waals surface area contributed by atoms with Gasteiger partial charge >= 0.3 is 5.97 Å². The average Bonchev–Trinajstić information content (AvgIpc) is 2.81. The van der Waals surface area contributed by atoms with Gasteiger partial charge in [0.25, 0.3) is 0 Å². The van der Waals surface area contributed by atoms with E-state index in [0.29, 0.717) is 32.1 Å². The van der Waals surface area contributed by atoms with E-state index >= 15 is 0 Å². The minimum atomic E-state index is -0.123. The van der Waals surface area contributed by atoms with Gasteiger partial charge < -0.3 is 15.2 Å². The Balaban J connectivity index is 0.00000324. The number of unbranched alkanes of at least 4 members (excludes halogenated alkanes) is 2. The summed E-state index contributed by atoms with van der Waals surface area (Å²) in [5, 5.41) is 1.07. The molecule has 1 heterocycles. The normalized spacial score (nSPS) is 10.6. The molecular weight excluding hydrogens is 495 g/mol. The first-order chi connectivity index (χ1) is 16.4. The topological polar surface area (TPSA) is 74.4 Å². The number of carbonyl (C=O) groups excluding carboxylic acids is 1. The van der Waals surface area contributed by atoms with Crippen molar-refractivity contribution in [3.63, 3.8) is 0 Å². The van der Waals surface area contributed by atoms with Gasteiger partial charge in [-0.05, 0) is 80.3 Å². The fraction of sp³-hybridized carbons (Fsp3) is 0.448. The van der Waals surface area contributed by atoms with Crippen molar-refractivity contribution in [3.8, 4) is 16.9 Å². The molecule has 1 aromatic heterocycles. The predicted molar refractivity (Wildman–Crippen MR) is 153 cm³/mol. The van der Waals surface area contributed by atoms with Gasteiger partial charge in [0, 0.05) is 24.0 Å². The lowest BCUT2D eigenvalue weighted by atomic mass is 9.91. The molecule has 0 aliphatic carbocycles. The summed E-state index contributed by atoms with van der Waals surface area (Å²) in [5.41, 5.74) is 13.0. The maximum absolute atomic E-state index is 11.5. The molecule has 0 amide bonds. The Bertz CT molecular complexity index is 1100. The molecule has 5 nitrogen and oxygen atoms in total. The number of benzene rings is 2. The first kappa shape index (κ1) is 31.7. The number of fused-ring (bicyclic) bond motifs is 1. The molecule has 0 bridgehead atoms. The molecular formula is C29H40Cl2N2O3. The smallest absolute Gasteiger partial charge is 0.305 e. The summed E-state index contributed by atoms with van der Waals surface area (Å²) in [5.74, 6) is 1.20. The van der Waals surface area contributed by atoms with Crippen LogP contribution in [0.3, 0.4) is 0 Å². The summed E-state index contributed by atoms with van der Waals surface area (Å²) in [6, 6.07) is 14.7. The summed E-state index contributed by atoms with van der Waals surface area (Å²) < 4.78 is 11.0. The van der Waals surface area contributed by atoms with Gasteiger partial charge in [-0.15, -0.1) is 24.8 Å². The van der Waals surface area contributed by atoms with Gasteiger partial charge in [-0.3, -0.25) is 9.78 Å². The lowest BCUT2D eigenvalue weighted by Gasteiger charge is -2.18. The van der Waals surface area contributed by atoms with Gasteiger partial charge in [-0.1, -0.05) is 43.7 Å². The highest BCUT2D eigenvalue weighted by Gasteiger charge is 2.17. The van der Waals surface area contributed by atoms with Gasteiger partial charge in [-0.25, -0.2) is 0 Å². The van der Waals surface area contributed by atoms with E-state index < -0.39 is 0 Å². The monoisotopic (exact) mass is 534 g/mol. The highest BCUT2D eigenvalue weighted by atomic mass is 35.5. The number of aryl methyl sites for hydroxylation is 1. The van der Waals surface area contributed by atoms with E-state index in [2.05, 4.69) is 51.1 Å². The Hall–Kier alpha value is -2.34. The van der Waals surface area contributed by atoms with Crippen molar-refractivity contribution in [1.29, 1.82) is 0 Å². The van der Waals surface area contributed by atoms with Crippen LogP contribution in [-0.2, 0) is 22.5 Å². The van der Waals surface area contributed by atoms with Gasteiger partial charge in [0.1, 0.15) is 5.75 Å². The molecule has 0 radical (unpaired) electrons. The summed E-state index contributed by atoms with van der Waals surface area (Å²) in [4.78, 5) is 16.5. The van der Waals surface area contributed by atoms with Crippen LogP contribution in [0.2, 0.25) is 0 Å². The molecule has 0 saturated carbocycles. The van der Waals surface area contributed by atoms with E-state index in [1.807, 2.05) is 19.1 Å². The molecule has 0 saturated heterocycles. The number of halogens is 2. The number of aromatic nitrogens is 1. The fourth-order valence-electron chi connectivity index (χ4n) is 4.22. The van der Waals surface area contributed by atoms with Crippen molar-refractivity contribution < 1.29 is 14.3 Å². The number of nitrogens with zero attached hydrogens (tertiary/aromatic N) is 1. The maximum atomic E-state index is 11.5. The number of pyridine rings is 1. The standard InChI is InChI=1S/C29H38N2O3.2ClH/c1-5-33-28(32)9-7-6-8-16-34-23-14-15-26-24(18-23)29(22-12-10-21(4)11-13-22)25(19-30)27(31-26)17-20(2)3;;/h10-15,18,20H,5-9,16-17,19,30H2,1-4H3;2*1H. The SMILES string of the molecule is CCOC(=O)CCCCCOc1ccc2nc(CC(C)C)c(CN)c(-c3ccc(C)cc3)c2c1.Cl.Cl. The number of ether oxygens (including phenoxy) is 2. The van der Waals surface area contributed by atoms with Crippen LogP contribution >= 0.6 is 24.8 Å². The van der Waals surface area contributed by atoms with E-state index in [1.165, 1.54) is 5.56 Å². The van der Waals surface area contributed by atoms with Crippen LogP contribution in [-0.4, -0.2) is 24.2 Å². The fourth-order valence-corrected chi connectivity index (χ4v) is 4.22. The summed E-state index contributed by atoms with van der Waals surface area (Å²) in [7, 11) is 0. The molecule has 0 aliphatic heterocycles. The summed E-state index contributed by atoms with van der Waals surface area (Å²) in [6.07, 6.45) is 4.00. The Morgan fingerprint density at radius 1 is 1.03 bits per heavy atom. The lowest BCUT2D eigenvalue weighted by molar-refractivity contribution is -0.143. The van der Waals surface area contributed by atoms with Gasteiger partial charge in [0.2, 0.25) is 0 Å². The van der Waals surface area contributed by atoms with Crippen molar-refractivity contribution in [1.82, 2.24) is 4.98 Å². The molecule has 0 aliphatic rings. The van der Waals surface area contributed by atoms with E-state index in [-0.39, 0.29) is 30.8 Å². The minimum Gasteiger partial charge on any atom is -0.494 e. The first-order valence-corrected chi connectivity index (χ1v) is 12.4. The van der Waals surface area contributed by atoms with E-state index in [9.17, 15) is 4.79 Å². The number of rotatable bonds is 12. The zero-order valence-corrected chi connectivity index (χ0v) is 23.5. The Labute approximate surface area is 228 Å². The Morgan fingerprint density at radius 2 is 1.75 bits per heavy atom. The molecule has 0 fully saturated rings. The summed E-state index contributed by atoms with van der Waals surface area (Å²) >= 11 is 0. The van der Waals surface area contributed by atoms with Crippen molar-refractivity contribution in [2.45, 2.75) is 66.3 Å². The minimum absolute atomic E-state index is 0. The first-order valence-electron chi connectivity index (χ1n) is 12.4. The van der Waals surface area contributed by atoms with Crippen LogP contribution < -0.4 is 10.5 Å². The molecule has 0 spiro atoms. The zero-order chi connectivity index (χ0) is 24.5. The predicted octanol–water partition coefficient (Wildman–Crippen LogP) is 7.21. The lowest BCUT2D eigenvalue weighted by Crippen LogP contribution is -2.10. The second kappa shape index (κ2) is 15.7. The number of nitrogens with two attached hydrogens (primary N) is 1. The molecule has 3 aromatic rings. The van der Waals surface area contributed by atoms with Gasteiger partial charge in [0.15, 0.2) is 0 Å². The van der Waals surface area contributed by atoms with Crippen molar-refractivity contribution in [2.24, 2.45) is 11.7 Å². The highest BCUT2D eigenvalue weighted by molar-refractivity contribution is 5.97. The molecule has 0 atom stereocenters.